The van der Waals surface area contributed by atoms with Gasteiger partial charge in [-0.2, -0.15) is 0 Å². The molecule has 0 fully saturated rings. The summed E-state index contributed by atoms with van der Waals surface area (Å²) in [6, 6.07) is 11.9. The van der Waals surface area contributed by atoms with Crippen LogP contribution >= 0.6 is 23.2 Å². The molecule has 1 N–H and O–H groups in total. The van der Waals surface area contributed by atoms with Crippen molar-refractivity contribution in [2.45, 2.75) is 0 Å². The van der Waals surface area contributed by atoms with Gasteiger partial charge in [0.25, 0.3) is 5.91 Å². The Balaban J connectivity index is 2.18. The second-order valence-corrected chi connectivity index (χ2v) is 4.57. The van der Waals surface area contributed by atoms with Gasteiger partial charge in [0.1, 0.15) is 5.75 Å². The number of anilines is 1. The molecule has 2 aromatic rings. The summed E-state index contributed by atoms with van der Waals surface area (Å²) in [5, 5.41) is 3.34. The Hall–Kier alpha value is -1.71. The maximum Gasteiger partial charge on any atom is 0.257 e. The number of nitrogens with one attached hydrogen (secondary N) is 1. The molecule has 0 aliphatic carbocycles. The summed E-state index contributed by atoms with van der Waals surface area (Å²) in [6.07, 6.45) is 0. The number of carbonyl (C=O) groups is 1. The zero-order valence-corrected chi connectivity index (χ0v) is 11.6. The van der Waals surface area contributed by atoms with Crippen LogP contribution in [0.3, 0.4) is 0 Å². The highest BCUT2D eigenvalue weighted by atomic mass is 35.5. The minimum absolute atomic E-state index is 0.246. The van der Waals surface area contributed by atoms with Crippen molar-refractivity contribution in [3.05, 3.63) is 58.1 Å². The van der Waals surface area contributed by atoms with Gasteiger partial charge in [0, 0.05) is 5.69 Å². The molecule has 0 unspecified atom stereocenters. The predicted molar refractivity (Wildman–Crippen MR) is 77.4 cm³/mol. The fraction of sp³-hybridized carbons (Fsp3) is 0.0714. The first-order valence-electron chi connectivity index (χ1n) is 5.51. The Morgan fingerprint density at radius 1 is 1.11 bits per heavy atom. The van der Waals surface area contributed by atoms with Crippen LogP contribution in [0.2, 0.25) is 10.0 Å². The summed E-state index contributed by atoms with van der Waals surface area (Å²) in [5.41, 5.74) is 0.992. The fourth-order valence-electron chi connectivity index (χ4n) is 1.55. The van der Waals surface area contributed by atoms with Crippen LogP contribution in [0.1, 0.15) is 10.4 Å². The van der Waals surface area contributed by atoms with Crippen molar-refractivity contribution in [2.75, 3.05) is 12.4 Å². The van der Waals surface area contributed by atoms with E-state index in [0.717, 1.165) is 5.75 Å². The lowest BCUT2D eigenvalue weighted by molar-refractivity contribution is 0.102. The van der Waals surface area contributed by atoms with E-state index in [1.54, 1.807) is 49.6 Å². The van der Waals surface area contributed by atoms with Crippen LogP contribution in [-0.2, 0) is 0 Å². The van der Waals surface area contributed by atoms with E-state index >= 15 is 0 Å². The summed E-state index contributed by atoms with van der Waals surface area (Å²) >= 11 is 11.9. The molecular weight excluding hydrogens is 285 g/mol. The van der Waals surface area contributed by atoms with Crippen LogP contribution in [0.25, 0.3) is 0 Å². The smallest absolute Gasteiger partial charge is 0.257 e. The molecule has 3 nitrogen and oxygen atoms in total. The van der Waals surface area contributed by atoms with E-state index in [1.165, 1.54) is 0 Å². The van der Waals surface area contributed by atoms with Gasteiger partial charge in [-0.05, 0) is 36.4 Å². The highest BCUT2D eigenvalue weighted by Crippen LogP contribution is 2.26. The van der Waals surface area contributed by atoms with Crippen LogP contribution in [0.5, 0.6) is 5.75 Å². The molecule has 2 aromatic carbocycles. The van der Waals surface area contributed by atoms with E-state index in [0.29, 0.717) is 16.3 Å². The molecule has 2 rings (SSSR count). The van der Waals surface area contributed by atoms with Gasteiger partial charge < -0.3 is 10.1 Å². The molecule has 0 aliphatic heterocycles. The Morgan fingerprint density at radius 2 is 1.79 bits per heavy atom. The molecule has 5 heteroatoms. The minimum Gasteiger partial charge on any atom is -0.497 e. The Kier molecular flexibility index (Phi) is 4.30. The number of benzene rings is 2. The minimum atomic E-state index is -0.308. The lowest BCUT2D eigenvalue weighted by Gasteiger charge is -2.08. The summed E-state index contributed by atoms with van der Waals surface area (Å²) in [7, 11) is 1.58. The third-order valence-corrected chi connectivity index (χ3v) is 3.36. The van der Waals surface area contributed by atoms with Crippen molar-refractivity contribution in [3.8, 4) is 5.75 Å². The van der Waals surface area contributed by atoms with E-state index in [2.05, 4.69) is 5.32 Å². The number of halogens is 2. The normalized spacial score (nSPS) is 10.1. The highest BCUT2D eigenvalue weighted by molar-refractivity contribution is 6.44. The molecule has 0 atom stereocenters. The molecule has 19 heavy (non-hydrogen) atoms. The largest absolute Gasteiger partial charge is 0.497 e. The van der Waals surface area contributed by atoms with Crippen LogP contribution in [0.4, 0.5) is 5.69 Å². The average Bonchev–Trinajstić information content (AvgIpc) is 2.42. The number of methoxy groups -OCH3 is 1. The molecule has 0 aliphatic rings. The molecule has 0 bridgehead atoms. The van der Waals surface area contributed by atoms with Crippen LogP contribution in [-0.4, -0.2) is 13.0 Å². The number of ether oxygens (including phenoxy) is 1. The van der Waals surface area contributed by atoms with E-state index in [1.807, 2.05) is 0 Å². The number of hydrogen-bond acceptors (Lipinski definition) is 2. The van der Waals surface area contributed by atoms with Gasteiger partial charge in [0.2, 0.25) is 0 Å². The number of hydrogen-bond donors (Lipinski definition) is 1. The average molecular weight is 296 g/mol. The van der Waals surface area contributed by atoms with Crippen molar-refractivity contribution in [1.29, 1.82) is 0 Å². The summed E-state index contributed by atoms with van der Waals surface area (Å²) in [6.45, 7) is 0. The lowest BCUT2D eigenvalue weighted by atomic mass is 10.2. The van der Waals surface area contributed by atoms with Gasteiger partial charge in [0.15, 0.2) is 0 Å². The summed E-state index contributed by atoms with van der Waals surface area (Å²) in [5.74, 6) is 0.413. The first kappa shape index (κ1) is 13.7. The van der Waals surface area contributed by atoms with Crippen molar-refractivity contribution < 1.29 is 9.53 Å². The van der Waals surface area contributed by atoms with Crippen LogP contribution < -0.4 is 10.1 Å². The number of carbonyl (C=O) groups excluding carboxylic acids is 1. The SMILES string of the molecule is COc1ccc(NC(=O)c2cccc(Cl)c2Cl)cc1. The zero-order chi connectivity index (χ0) is 13.8. The van der Waals surface area contributed by atoms with Crippen LogP contribution in [0.15, 0.2) is 42.5 Å². The zero-order valence-electron chi connectivity index (χ0n) is 10.1. The number of rotatable bonds is 3. The highest BCUT2D eigenvalue weighted by Gasteiger charge is 2.12. The van der Waals surface area contributed by atoms with Crippen molar-refractivity contribution in [3.63, 3.8) is 0 Å². The van der Waals surface area contributed by atoms with E-state index < -0.39 is 0 Å². The fourth-order valence-corrected chi connectivity index (χ4v) is 1.94. The Labute approximate surface area is 121 Å². The first-order chi connectivity index (χ1) is 9.11. The lowest BCUT2D eigenvalue weighted by Crippen LogP contribution is -2.12. The van der Waals surface area contributed by atoms with E-state index in [-0.39, 0.29) is 10.9 Å². The van der Waals surface area contributed by atoms with E-state index in [4.69, 9.17) is 27.9 Å². The van der Waals surface area contributed by atoms with Crippen molar-refractivity contribution in [1.82, 2.24) is 0 Å². The van der Waals surface area contributed by atoms with Crippen LogP contribution in [0, 0.1) is 0 Å². The third kappa shape index (κ3) is 3.19. The van der Waals surface area contributed by atoms with Crippen molar-refractivity contribution in [2.24, 2.45) is 0 Å². The molecule has 98 valence electrons. The summed E-state index contributed by atoms with van der Waals surface area (Å²) < 4.78 is 5.04. The maximum atomic E-state index is 12.1. The molecule has 1 amide bonds. The first-order valence-corrected chi connectivity index (χ1v) is 6.27. The van der Waals surface area contributed by atoms with E-state index in [9.17, 15) is 4.79 Å². The predicted octanol–water partition coefficient (Wildman–Crippen LogP) is 4.25. The Morgan fingerprint density at radius 3 is 2.42 bits per heavy atom. The molecular formula is C14H11Cl2NO2. The van der Waals surface area contributed by atoms with Gasteiger partial charge >= 0.3 is 0 Å². The monoisotopic (exact) mass is 295 g/mol. The Bertz CT molecular complexity index is 597. The number of amides is 1. The molecule has 0 saturated carbocycles. The summed E-state index contributed by atoms with van der Waals surface area (Å²) in [4.78, 5) is 12.1. The van der Waals surface area contributed by atoms with Gasteiger partial charge in [0.05, 0.1) is 22.7 Å². The standard InChI is InChI=1S/C14H11Cl2NO2/c1-19-10-7-5-9(6-8-10)17-14(18)11-3-2-4-12(15)13(11)16/h2-8H,1H3,(H,17,18). The third-order valence-electron chi connectivity index (χ3n) is 2.54. The molecule has 0 saturated heterocycles. The molecule has 0 aromatic heterocycles. The molecule has 0 radical (unpaired) electrons. The van der Waals surface area contributed by atoms with Gasteiger partial charge in [-0.25, -0.2) is 0 Å². The van der Waals surface area contributed by atoms with Gasteiger partial charge in [-0.1, -0.05) is 29.3 Å². The second-order valence-electron chi connectivity index (χ2n) is 3.78. The van der Waals surface area contributed by atoms with Gasteiger partial charge in [-0.15, -0.1) is 0 Å². The maximum absolute atomic E-state index is 12.1. The van der Waals surface area contributed by atoms with Gasteiger partial charge in [-0.3, -0.25) is 4.79 Å². The molecule has 0 spiro atoms. The topological polar surface area (TPSA) is 38.3 Å². The van der Waals surface area contributed by atoms with Crippen molar-refractivity contribution >= 4 is 34.8 Å². The second kappa shape index (κ2) is 5.95. The molecule has 0 heterocycles. The quantitative estimate of drug-likeness (QED) is 0.919.